The molecule has 0 atom stereocenters. The molecule has 1 aromatic heterocycles. The third kappa shape index (κ3) is 5.93. The molecule has 0 spiro atoms. The van der Waals surface area contributed by atoms with E-state index in [0.29, 0.717) is 37.7 Å². The van der Waals surface area contributed by atoms with Crippen molar-refractivity contribution in [2.24, 2.45) is 10.9 Å². The summed E-state index contributed by atoms with van der Waals surface area (Å²) in [6.45, 7) is 7.04. The first-order valence-electron chi connectivity index (χ1n) is 8.86. The molecule has 1 heterocycles. The summed E-state index contributed by atoms with van der Waals surface area (Å²) in [5.41, 5.74) is 0.883. The number of nitrogens with zero attached hydrogens (tertiary/aromatic N) is 2. The van der Waals surface area contributed by atoms with Crippen LogP contribution in [0.3, 0.4) is 0 Å². The highest BCUT2D eigenvalue weighted by Crippen LogP contribution is 2.37. The van der Waals surface area contributed by atoms with Crippen molar-refractivity contribution in [1.29, 1.82) is 0 Å². The fraction of sp³-hybridized carbons (Fsp3) is 0.765. The zero-order valence-electron chi connectivity index (χ0n) is 15.0. The van der Waals surface area contributed by atoms with E-state index in [4.69, 9.17) is 4.52 Å². The highest BCUT2D eigenvalue weighted by Gasteiger charge is 2.41. The molecule has 2 N–H and O–H groups in total. The van der Waals surface area contributed by atoms with Gasteiger partial charge in [0.1, 0.15) is 6.54 Å². The molecule has 142 valence electrons. The van der Waals surface area contributed by atoms with Gasteiger partial charge >= 0.3 is 6.18 Å². The van der Waals surface area contributed by atoms with Gasteiger partial charge in [0.05, 0.1) is 11.6 Å². The first-order valence-corrected chi connectivity index (χ1v) is 8.86. The highest BCUT2D eigenvalue weighted by molar-refractivity contribution is 5.80. The van der Waals surface area contributed by atoms with Crippen LogP contribution in [0.5, 0.6) is 0 Å². The van der Waals surface area contributed by atoms with Crippen LogP contribution in [-0.2, 0) is 6.54 Å². The van der Waals surface area contributed by atoms with E-state index in [1.54, 1.807) is 0 Å². The van der Waals surface area contributed by atoms with Crippen molar-refractivity contribution in [3.8, 4) is 0 Å². The second-order valence-corrected chi connectivity index (χ2v) is 6.80. The molecule has 8 heteroatoms. The Hall–Kier alpha value is -1.73. The molecule has 5 nitrogen and oxygen atoms in total. The Bertz CT molecular complexity index is 560. The van der Waals surface area contributed by atoms with Crippen LogP contribution in [0.15, 0.2) is 15.6 Å². The maximum absolute atomic E-state index is 12.7. The second kappa shape index (κ2) is 8.58. The van der Waals surface area contributed by atoms with Crippen molar-refractivity contribution in [3.63, 3.8) is 0 Å². The first-order chi connectivity index (χ1) is 11.8. The van der Waals surface area contributed by atoms with E-state index in [2.05, 4.69) is 20.8 Å². The van der Waals surface area contributed by atoms with E-state index >= 15 is 0 Å². The van der Waals surface area contributed by atoms with Gasteiger partial charge in [0, 0.05) is 18.7 Å². The number of hydrogen-bond acceptors (Lipinski definition) is 3. The van der Waals surface area contributed by atoms with Gasteiger partial charge < -0.3 is 15.2 Å². The molecule has 25 heavy (non-hydrogen) atoms. The van der Waals surface area contributed by atoms with E-state index in [0.717, 1.165) is 5.69 Å². The van der Waals surface area contributed by atoms with Crippen molar-refractivity contribution in [2.45, 2.75) is 71.1 Å². The molecule has 1 saturated carbocycles. The molecule has 1 aliphatic carbocycles. The second-order valence-electron chi connectivity index (χ2n) is 6.80. The monoisotopic (exact) mass is 360 g/mol. The molecule has 0 bridgehead atoms. The average molecular weight is 360 g/mol. The summed E-state index contributed by atoms with van der Waals surface area (Å²) >= 11 is 0. The number of hydrogen-bond donors (Lipinski definition) is 2. The predicted molar refractivity (Wildman–Crippen MR) is 90.3 cm³/mol. The summed E-state index contributed by atoms with van der Waals surface area (Å²) in [7, 11) is 0. The van der Waals surface area contributed by atoms with E-state index < -0.39 is 12.1 Å². The van der Waals surface area contributed by atoms with Crippen LogP contribution in [0.2, 0.25) is 0 Å². The minimum absolute atomic E-state index is 0.0114. The number of guanidine groups is 1. The lowest BCUT2D eigenvalue weighted by molar-refractivity contribution is -0.182. The van der Waals surface area contributed by atoms with Crippen molar-refractivity contribution in [3.05, 3.63) is 17.5 Å². The van der Waals surface area contributed by atoms with Gasteiger partial charge in [-0.3, -0.25) is 0 Å². The zero-order chi connectivity index (χ0) is 18.4. The predicted octanol–water partition coefficient (Wildman–Crippen LogP) is 3.97. The maximum atomic E-state index is 12.7. The van der Waals surface area contributed by atoms with Crippen molar-refractivity contribution < 1.29 is 17.7 Å². The Morgan fingerprint density at radius 2 is 2.00 bits per heavy atom. The SMILES string of the molecule is CCNC(=NCc1cc(C(C)C)no1)NC1CCC(C(F)(F)F)CC1. The highest BCUT2D eigenvalue weighted by atomic mass is 19.4. The van der Waals surface area contributed by atoms with Crippen molar-refractivity contribution >= 4 is 5.96 Å². The number of nitrogens with one attached hydrogen (secondary N) is 2. The largest absolute Gasteiger partial charge is 0.391 e. The van der Waals surface area contributed by atoms with Gasteiger partial charge in [-0.25, -0.2) is 4.99 Å². The number of aliphatic imine (C=N–C) groups is 1. The molecule has 1 aliphatic rings. The van der Waals surface area contributed by atoms with Crippen molar-refractivity contribution in [2.75, 3.05) is 6.54 Å². The van der Waals surface area contributed by atoms with Gasteiger partial charge in [0.15, 0.2) is 11.7 Å². The van der Waals surface area contributed by atoms with Crippen molar-refractivity contribution in [1.82, 2.24) is 15.8 Å². The normalized spacial score (nSPS) is 22.3. The molecule has 2 rings (SSSR count). The zero-order valence-corrected chi connectivity index (χ0v) is 15.0. The van der Waals surface area contributed by atoms with Gasteiger partial charge in [0.2, 0.25) is 0 Å². The molecular weight excluding hydrogens is 333 g/mol. The quantitative estimate of drug-likeness (QED) is 0.616. The first kappa shape index (κ1) is 19.6. The summed E-state index contributed by atoms with van der Waals surface area (Å²) in [4.78, 5) is 4.46. The number of alkyl halides is 3. The van der Waals surface area contributed by atoms with Gasteiger partial charge in [-0.1, -0.05) is 19.0 Å². The number of aromatic nitrogens is 1. The molecule has 0 radical (unpaired) electrons. The van der Waals surface area contributed by atoms with E-state index in [1.807, 2.05) is 26.8 Å². The maximum Gasteiger partial charge on any atom is 0.391 e. The average Bonchev–Trinajstić information content (AvgIpc) is 3.02. The lowest BCUT2D eigenvalue weighted by atomic mass is 9.85. The molecular formula is C17H27F3N4O. The fourth-order valence-corrected chi connectivity index (χ4v) is 2.91. The van der Waals surface area contributed by atoms with Crippen LogP contribution in [0.25, 0.3) is 0 Å². The number of rotatable bonds is 5. The van der Waals surface area contributed by atoms with E-state index in [9.17, 15) is 13.2 Å². The Balaban J connectivity index is 1.89. The fourth-order valence-electron chi connectivity index (χ4n) is 2.91. The lowest BCUT2D eigenvalue weighted by Gasteiger charge is -2.31. The van der Waals surface area contributed by atoms with Crippen LogP contribution >= 0.6 is 0 Å². The van der Waals surface area contributed by atoms with Crippen LogP contribution < -0.4 is 10.6 Å². The molecule has 0 aliphatic heterocycles. The minimum Gasteiger partial charge on any atom is -0.359 e. The standard InChI is InChI=1S/C17H27F3N4O/c1-4-21-16(22-10-14-9-15(11(2)3)24-25-14)23-13-7-5-12(6-8-13)17(18,19)20/h9,11-13H,4-8,10H2,1-3H3,(H2,21,22,23). The lowest BCUT2D eigenvalue weighted by Crippen LogP contribution is -2.45. The van der Waals surface area contributed by atoms with Crippen LogP contribution in [-0.4, -0.2) is 29.9 Å². The Morgan fingerprint density at radius 3 is 2.52 bits per heavy atom. The molecule has 0 saturated heterocycles. The molecule has 0 aromatic carbocycles. The van der Waals surface area contributed by atoms with E-state index in [1.165, 1.54) is 0 Å². The smallest absolute Gasteiger partial charge is 0.359 e. The van der Waals surface area contributed by atoms with Crippen LogP contribution in [0.1, 0.15) is 63.8 Å². The molecule has 0 unspecified atom stereocenters. The summed E-state index contributed by atoms with van der Waals surface area (Å²) < 4.78 is 43.5. The molecule has 1 aromatic rings. The molecule has 0 amide bonds. The third-order valence-electron chi connectivity index (χ3n) is 4.44. The number of halogens is 3. The Kier molecular flexibility index (Phi) is 6.72. The van der Waals surface area contributed by atoms with Crippen LogP contribution in [0, 0.1) is 5.92 Å². The van der Waals surface area contributed by atoms with E-state index in [-0.39, 0.29) is 24.8 Å². The minimum atomic E-state index is -4.08. The Labute approximate surface area is 146 Å². The summed E-state index contributed by atoms with van der Waals surface area (Å²) in [6, 6.07) is 1.89. The van der Waals surface area contributed by atoms with Crippen LogP contribution in [0.4, 0.5) is 13.2 Å². The summed E-state index contributed by atoms with van der Waals surface area (Å²) in [6.07, 6.45) is -2.76. The third-order valence-corrected chi connectivity index (χ3v) is 4.44. The topological polar surface area (TPSA) is 62.5 Å². The summed E-state index contributed by atoms with van der Waals surface area (Å²) in [5.74, 6) is 0.382. The summed E-state index contributed by atoms with van der Waals surface area (Å²) in [5, 5.41) is 10.4. The molecule has 1 fully saturated rings. The van der Waals surface area contributed by atoms with Gasteiger partial charge in [-0.2, -0.15) is 13.2 Å². The van der Waals surface area contributed by atoms with Gasteiger partial charge in [-0.05, 0) is 38.5 Å². The Morgan fingerprint density at radius 1 is 1.32 bits per heavy atom. The van der Waals surface area contributed by atoms with Gasteiger partial charge in [-0.15, -0.1) is 0 Å². The van der Waals surface area contributed by atoms with Gasteiger partial charge in [0.25, 0.3) is 0 Å².